The van der Waals surface area contributed by atoms with Crippen LogP contribution in [0.25, 0.3) is 0 Å². The minimum absolute atomic E-state index is 0.126. The van der Waals surface area contributed by atoms with Gasteiger partial charge in [0, 0.05) is 18.9 Å². The van der Waals surface area contributed by atoms with E-state index < -0.39 is 11.8 Å². The number of hydrogen-bond donors (Lipinski definition) is 2. The molecular formula is C11H16N4O2. The number of carbonyl (C=O) groups is 2. The SMILES string of the molecule is CCCCCNC(=O)C(=O)Nc1ncccn1. The summed E-state index contributed by atoms with van der Waals surface area (Å²) in [5.74, 6) is -1.28. The maximum Gasteiger partial charge on any atom is 0.316 e. The molecule has 0 aromatic carbocycles. The van der Waals surface area contributed by atoms with E-state index in [1.807, 2.05) is 0 Å². The van der Waals surface area contributed by atoms with E-state index in [4.69, 9.17) is 0 Å². The second kappa shape index (κ2) is 7.32. The lowest BCUT2D eigenvalue weighted by Gasteiger charge is -2.04. The molecule has 0 aliphatic carbocycles. The lowest BCUT2D eigenvalue weighted by molar-refractivity contribution is -0.136. The minimum atomic E-state index is -0.743. The number of hydrogen-bond acceptors (Lipinski definition) is 4. The molecule has 1 aromatic rings. The van der Waals surface area contributed by atoms with E-state index in [0.717, 1.165) is 19.3 Å². The van der Waals surface area contributed by atoms with Gasteiger partial charge in [0.1, 0.15) is 0 Å². The highest BCUT2D eigenvalue weighted by atomic mass is 16.2. The van der Waals surface area contributed by atoms with Gasteiger partial charge in [-0.2, -0.15) is 0 Å². The predicted octanol–water partition coefficient (Wildman–Crippen LogP) is 0.721. The number of nitrogens with one attached hydrogen (secondary N) is 2. The van der Waals surface area contributed by atoms with Crippen LogP contribution in [0.15, 0.2) is 18.5 Å². The van der Waals surface area contributed by atoms with Gasteiger partial charge in [-0.1, -0.05) is 19.8 Å². The van der Waals surface area contributed by atoms with Crippen LogP contribution in [-0.2, 0) is 9.59 Å². The van der Waals surface area contributed by atoms with E-state index in [9.17, 15) is 9.59 Å². The Bertz CT molecular complexity index is 367. The molecule has 0 atom stereocenters. The summed E-state index contributed by atoms with van der Waals surface area (Å²) in [5, 5.41) is 4.84. The fraction of sp³-hybridized carbons (Fsp3) is 0.455. The molecule has 0 fully saturated rings. The summed E-state index contributed by atoms with van der Waals surface area (Å²) in [7, 11) is 0. The summed E-state index contributed by atoms with van der Waals surface area (Å²) in [4.78, 5) is 30.3. The van der Waals surface area contributed by atoms with Crippen molar-refractivity contribution in [3.05, 3.63) is 18.5 Å². The largest absolute Gasteiger partial charge is 0.348 e. The first-order chi connectivity index (χ1) is 8.24. The summed E-state index contributed by atoms with van der Waals surface area (Å²) in [6.45, 7) is 2.58. The average molecular weight is 236 g/mol. The van der Waals surface area contributed by atoms with Crippen molar-refractivity contribution in [3.8, 4) is 0 Å². The molecule has 0 radical (unpaired) electrons. The summed E-state index contributed by atoms with van der Waals surface area (Å²) in [6, 6.07) is 1.63. The van der Waals surface area contributed by atoms with Crippen LogP contribution in [0.3, 0.4) is 0 Å². The Morgan fingerprint density at radius 1 is 1.18 bits per heavy atom. The second-order valence-corrected chi connectivity index (χ2v) is 3.49. The van der Waals surface area contributed by atoms with Crippen LogP contribution in [0.2, 0.25) is 0 Å². The zero-order valence-electron chi connectivity index (χ0n) is 9.77. The Hall–Kier alpha value is -1.98. The fourth-order valence-electron chi connectivity index (χ4n) is 1.18. The molecule has 0 bridgehead atoms. The van der Waals surface area contributed by atoms with E-state index in [-0.39, 0.29) is 5.95 Å². The van der Waals surface area contributed by atoms with Gasteiger partial charge in [-0.3, -0.25) is 14.9 Å². The van der Waals surface area contributed by atoms with Gasteiger partial charge in [0.05, 0.1) is 0 Å². The number of unbranched alkanes of at least 4 members (excludes halogenated alkanes) is 2. The van der Waals surface area contributed by atoms with Gasteiger partial charge in [-0.15, -0.1) is 0 Å². The summed E-state index contributed by atoms with van der Waals surface area (Å²) in [6.07, 6.45) is 5.95. The van der Waals surface area contributed by atoms with Crippen molar-refractivity contribution in [1.82, 2.24) is 15.3 Å². The Morgan fingerprint density at radius 2 is 1.88 bits per heavy atom. The summed E-state index contributed by atoms with van der Waals surface area (Å²) >= 11 is 0. The Morgan fingerprint density at radius 3 is 2.53 bits per heavy atom. The van der Waals surface area contributed by atoms with Gasteiger partial charge < -0.3 is 5.32 Å². The second-order valence-electron chi connectivity index (χ2n) is 3.49. The highest BCUT2D eigenvalue weighted by molar-refractivity contribution is 6.39. The molecule has 92 valence electrons. The van der Waals surface area contributed by atoms with Crippen molar-refractivity contribution in [2.75, 3.05) is 11.9 Å². The maximum atomic E-state index is 11.4. The molecule has 1 heterocycles. The zero-order valence-corrected chi connectivity index (χ0v) is 9.77. The normalized spacial score (nSPS) is 9.71. The lowest BCUT2D eigenvalue weighted by Crippen LogP contribution is -2.36. The van der Waals surface area contributed by atoms with Gasteiger partial charge >= 0.3 is 11.8 Å². The van der Waals surface area contributed by atoms with E-state index in [1.165, 1.54) is 12.4 Å². The Balaban J connectivity index is 2.30. The quantitative estimate of drug-likeness (QED) is 0.583. The third-order valence-corrected chi connectivity index (χ3v) is 2.06. The van der Waals surface area contributed by atoms with Crippen LogP contribution in [-0.4, -0.2) is 28.3 Å². The standard InChI is InChI=1S/C11H16N4O2/c1-2-3-4-6-12-9(16)10(17)15-11-13-7-5-8-14-11/h5,7-8H,2-4,6H2,1H3,(H,12,16)(H,13,14,15,17). The third-order valence-electron chi connectivity index (χ3n) is 2.06. The van der Waals surface area contributed by atoms with Crippen LogP contribution in [0.5, 0.6) is 0 Å². The van der Waals surface area contributed by atoms with Crippen LogP contribution >= 0.6 is 0 Å². The molecule has 2 amide bonds. The van der Waals surface area contributed by atoms with Crippen molar-refractivity contribution in [2.24, 2.45) is 0 Å². The Labute approximate surface area is 99.8 Å². The van der Waals surface area contributed by atoms with Crippen molar-refractivity contribution in [2.45, 2.75) is 26.2 Å². The van der Waals surface area contributed by atoms with Crippen LogP contribution < -0.4 is 10.6 Å². The minimum Gasteiger partial charge on any atom is -0.348 e. The number of anilines is 1. The zero-order chi connectivity index (χ0) is 12.5. The maximum absolute atomic E-state index is 11.4. The smallest absolute Gasteiger partial charge is 0.316 e. The molecule has 0 saturated carbocycles. The van der Waals surface area contributed by atoms with Crippen LogP contribution in [0.1, 0.15) is 26.2 Å². The highest BCUT2D eigenvalue weighted by Crippen LogP contribution is 1.94. The molecule has 2 N–H and O–H groups in total. The van der Waals surface area contributed by atoms with Gasteiger partial charge in [-0.25, -0.2) is 9.97 Å². The first-order valence-electron chi connectivity index (χ1n) is 5.60. The van der Waals surface area contributed by atoms with E-state index >= 15 is 0 Å². The number of aromatic nitrogens is 2. The number of rotatable bonds is 5. The molecule has 1 rings (SSSR count). The van der Waals surface area contributed by atoms with Crippen LogP contribution in [0, 0.1) is 0 Å². The van der Waals surface area contributed by atoms with Crippen molar-refractivity contribution in [3.63, 3.8) is 0 Å². The summed E-state index contributed by atoms with van der Waals surface area (Å²) in [5.41, 5.74) is 0. The van der Waals surface area contributed by atoms with E-state index in [0.29, 0.717) is 6.54 Å². The number of carbonyl (C=O) groups excluding carboxylic acids is 2. The first-order valence-corrected chi connectivity index (χ1v) is 5.60. The molecule has 0 saturated heterocycles. The van der Waals surface area contributed by atoms with Crippen LogP contribution in [0.4, 0.5) is 5.95 Å². The molecule has 0 unspecified atom stereocenters. The lowest BCUT2D eigenvalue weighted by atomic mass is 10.2. The Kier molecular flexibility index (Phi) is 5.63. The third kappa shape index (κ3) is 5.05. The average Bonchev–Trinajstić information content (AvgIpc) is 2.35. The van der Waals surface area contributed by atoms with Crippen molar-refractivity contribution in [1.29, 1.82) is 0 Å². The molecule has 1 aromatic heterocycles. The van der Waals surface area contributed by atoms with E-state index in [1.54, 1.807) is 6.07 Å². The van der Waals surface area contributed by atoms with Gasteiger partial charge in [0.2, 0.25) is 5.95 Å². The monoisotopic (exact) mass is 236 g/mol. The van der Waals surface area contributed by atoms with Gasteiger partial charge in [-0.05, 0) is 12.5 Å². The molecular weight excluding hydrogens is 220 g/mol. The van der Waals surface area contributed by atoms with Crippen molar-refractivity contribution < 1.29 is 9.59 Å². The van der Waals surface area contributed by atoms with E-state index in [2.05, 4.69) is 27.5 Å². The molecule has 6 nitrogen and oxygen atoms in total. The molecule has 0 spiro atoms. The topological polar surface area (TPSA) is 84.0 Å². The highest BCUT2D eigenvalue weighted by Gasteiger charge is 2.13. The number of amides is 2. The molecule has 0 aliphatic heterocycles. The molecule has 6 heteroatoms. The van der Waals surface area contributed by atoms with Gasteiger partial charge in [0.15, 0.2) is 0 Å². The molecule has 0 aliphatic rings. The first kappa shape index (κ1) is 13.1. The predicted molar refractivity (Wildman–Crippen MR) is 63.2 cm³/mol. The van der Waals surface area contributed by atoms with Crippen molar-refractivity contribution >= 4 is 17.8 Å². The molecule has 17 heavy (non-hydrogen) atoms. The summed E-state index contributed by atoms with van der Waals surface area (Å²) < 4.78 is 0. The fourth-order valence-corrected chi connectivity index (χ4v) is 1.18. The van der Waals surface area contributed by atoms with Gasteiger partial charge in [0.25, 0.3) is 0 Å². The number of nitrogens with zero attached hydrogens (tertiary/aromatic N) is 2.